The number of hydrogen-bond donors (Lipinski definition) is 1. The summed E-state index contributed by atoms with van der Waals surface area (Å²) < 4.78 is 10.5. The average molecular weight is 409 g/mol. The normalized spacial score (nSPS) is 15.0. The third-order valence-electron chi connectivity index (χ3n) is 5.31. The molecule has 0 bridgehead atoms. The molecule has 8 nitrogen and oxygen atoms in total. The number of ether oxygens (including phenoxy) is 1. The van der Waals surface area contributed by atoms with Crippen LogP contribution in [0.3, 0.4) is 0 Å². The predicted molar refractivity (Wildman–Crippen MR) is 115 cm³/mol. The van der Waals surface area contributed by atoms with Crippen LogP contribution in [0, 0.1) is 0 Å². The van der Waals surface area contributed by atoms with Gasteiger partial charge in [0.1, 0.15) is 11.6 Å². The van der Waals surface area contributed by atoms with Crippen molar-refractivity contribution in [1.82, 2.24) is 25.2 Å². The molecule has 0 amide bonds. The van der Waals surface area contributed by atoms with Crippen LogP contribution in [0.2, 0.25) is 0 Å². The van der Waals surface area contributed by atoms with Crippen molar-refractivity contribution in [1.29, 1.82) is 0 Å². The Kier molecular flexibility index (Phi) is 6.87. The van der Waals surface area contributed by atoms with E-state index in [2.05, 4.69) is 30.6 Å². The van der Waals surface area contributed by atoms with Crippen LogP contribution < -0.4 is 10.1 Å². The first-order valence-electron chi connectivity index (χ1n) is 10.6. The van der Waals surface area contributed by atoms with E-state index in [1.54, 1.807) is 7.11 Å². The molecule has 3 aromatic rings. The van der Waals surface area contributed by atoms with Crippen molar-refractivity contribution in [3.8, 4) is 28.7 Å². The number of nitrogens with one attached hydrogen (secondary N) is 1. The molecule has 0 unspecified atom stereocenters. The lowest BCUT2D eigenvalue weighted by molar-refractivity contribution is 0.284. The van der Waals surface area contributed by atoms with Crippen LogP contribution >= 0.6 is 0 Å². The summed E-state index contributed by atoms with van der Waals surface area (Å²) in [5, 5.41) is 15.8. The Morgan fingerprint density at radius 1 is 1.00 bits per heavy atom. The fourth-order valence-electron chi connectivity index (χ4n) is 3.60. The molecule has 1 aliphatic heterocycles. The molecule has 158 valence electrons. The Balaban J connectivity index is 1.28. The van der Waals surface area contributed by atoms with Gasteiger partial charge in [0.15, 0.2) is 5.69 Å². The maximum atomic E-state index is 5.36. The van der Waals surface area contributed by atoms with E-state index in [0.29, 0.717) is 17.4 Å². The van der Waals surface area contributed by atoms with Gasteiger partial charge < -0.3 is 19.5 Å². The molecular formula is C22H28N6O2. The summed E-state index contributed by atoms with van der Waals surface area (Å²) in [7, 11) is 1.63. The van der Waals surface area contributed by atoms with Gasteiger partial charge in [0.25, 0.3) is 5.89 Å². The van der Waals surface area contributed by atoms with Gasteiger partial charge in [-0.25, -0.2) is 0 Å². The molecule has 1 N–H and O–H groups in total. The Labute approximate surface area is 176 Å². The quantitative estimate of drug-likeness (QED) is 0.562. The lowest BCUT2D eigenvalue weighted by Crippen LogP contribution is -2.27. The van der Waals surface area contributed by atoms with Gasteiger partial charge in [-0.15, -0.1) is 10.2 Å². The van der Waals surface area contributed by atoms with Gasteiger partial charge in [0.05, 0.1) is 7.11 Å². The minimum Gasteiger partial charge on any atom is -0.497 e. The minimum absolute atomic E-state index is 0.348. The number of anilines is 1. The highest BCUT2D eigenvalue weighted by atomic mass is 16.5. The van der Waals surface area contributed by atoms with E-state index >= 15 is 0 Å². The van der Waals surface area contributed by atoms with Crippen LogP contribution in [0.4, 0.5) is 5.82 Å². The van der Waals surface area contributed by atoms with E-state index in [1.165, 1.54) is 38.8 Å². The van der Waals surface area contributed by atoms with Crippen molar-refractivity contribution < 1.29 is 9.26 Å². The Morgan fingerprint density at radius 2 is 1.80 bits per heavy atom. The molecule has 1 saturated heterocycles. The first-order valence-corrected chi connectivity index (χ1v) is 10.6. The predicted octanol–water partition coefficient (Wildman–Crippen LogP) is 3.88. The van der Waals surface area contributed by atoms with E-state index in [0.717, 1.165) is 36.6 Å². The fraction of sp³-hybridized carbons (Fsp3) is 0.455. The standard InChI is InChI=1S/C22H28N6O2/c1-29-18-9-7-17(8-10-18)21-24-22(30-27-21)19-11-12-20(26-25-19)23-13-6-16-28-14-4-2-3-5-15-28/h7-12H,2-6,13-16H2,1H3,(H,23,26). The Hall–Kier alpha value is -3.00. The first-order chi connectivity index (χ1) is 14.8. The Morgan fingerprint density at radius 3 is 2.50 bits per heavy atom. The monoisotopic (exact) mass is 408 g/mol. The highest BCUT2D eigenvalue weighted by Crippen LogP contribution is 2.23. The minimum atomic E-state index is 0.348. The maximum absolute atomic E-state index is 5.36. The van der Waals surface area contributed by atoms with Crippen LogP contribution in [-0.4, -0.2) is 58.5 Å². The SMILES string of the molecule is COc1ccc(-c2noc(-c3ccc(NCCCN4CCCCCC4)nn3)n2)cc1. The highest BCUT2D eigenvalue weighted by Gasteiger charge is 2.13. The van der Waals surface area contributed by atoms with Gasteiger partial charge >= 0.3 is 0 Å². The summed E-state index contributed by atoms with van der Waals surface area (Å²) in [5.41, 5.74) is 1.40. The van der Waals surface area contributed by atoms with Gasteiger partial charge in [-0.2, -0.15) is 4.98 Å². The van der Waals surface area contributed by atoms with Gasteiger partial charge in [0, 0.05) is 12.1 Å². The Bertz CT molecular complexity index is 902. The molecule has 8 heteroatoms. The second-order valence-electron chi connectivity index (χ2n) is 7.49. The van der Waals surface area contributed by atoms with Gasteiger partial charge in [0.2, 0.25) is 5.82 Å². The molecule has 1 aliphatic rings. The van der Waals surface area contributed by atoms with Crippen LogP contribution in [0.1, 0.15) is 32.1 Å². The van der Waals surface area contributed by atoms with Crippen molar-refractivity contribution in [3.63, 3.8) is 0 Å². The number of nitrogens with zero attached hydrogens (tertiary/aromatic N) is 5. The summed E-state index contributed by atoms with van der Waals surface area (Å²) in [5.74, 6) is 2.39. The second-order valence-corrected chi connectivity index (χ2v) is 7.49. The van der Waals surface area contributed by atoms with Crippen LogP contribution in [-0.2, 0) is 0 Å². The van der Waals surface area contributed by atoms with E-state index in [-0.39, 0.29) is 0 Å². The number of methoxy groups -OCH3 is 1. The number of rotatable bonds is 8. The summed E-state index contributed by atoms with van der Waals surface area (Å²) in [4.78, 5) is 6.99. The molecule has 1 fully saturated rings. The maximum Gasteiger partial charge on any atom is 0.278 e. The van der Waals surface area contributed by atoms with Crippen LogP contribution in [0.5, 0.6) is 5.75 Å². The zero-order valence-corrected chi connectivity index (χ0v) is 17.4. The smallest absolute Gasteiger partial charge is 0.278 e. The van der Waals surface area contributed by atoms with E-state index in [1.807, 2.05) is 36.4 Å². The molecule has 0 spiro atoms. The van der Waals surface area contributed by atoms with E-state index in [9.17, 15) is 0 Å². The summed E-state index contributed by atoms with van der Waals surface area (Å²) in [6.45, 7) is 4.48. The highest BCUT2D eigenvalue weighted by molar-refractivity contribution is 5.59. The largest absolute Gasteiger partial charge is 0.497 e. The number of benzene rings is 1. The number of aromatic nitrogens is 4. The summed E-state index contributed by atoms with van der Waals surface area (Å²) in [6, 6.07) is 11.2. The molecule has 2 aromatic heterocycles. The molecule has 4 rings (SSSR count). The van der Waals surface area contributed by atoms with Gasteiger partial charge in [-0.1, -0.05) is 18.0 Å². The molecule has 3 heterocycles. The van der Waals surface area contributed by atoms with Crippen LogP contribution in [0.15, 0.2) is 40.9 Å². The third kappa shape index (κ3) is 5.33. The van der Waals surface area contributed by atoms with Gasteiger partial charge in [-0.05, 0) is 75.3 Å². The van der Waals surface area contributed by atoms with E-state index in [4.69, 9.17) is 9.26 Å². The van der Waals surface area contributed by atoms with Crippen molar-refractivity contribution in [2.24, 2.45) is 0 Å². The van der Waals surface area contributed by atoms with Crippen molar-refractivity contribution in [3.05, 3.63) is 36.4 Å². The molecule has 0 saturated carbocycles. The molecule has 0 atom stereocenters. The average Bonchev–Trinajstić information content (AvgIpc) is 3.14. The zero-order chi connectivity index (χ0) is 20.6. The lowest BCUT2D eigenvalue weighted by Gasteiger charge is -2.19. The first kappa shape index (κ1) is 20.3. The molecular weight excluding hydrogens is 380 g/mol. The second kappa shape index (κ2) is 10.2. The summed E-state index contributed by atoms with van der Waals surface area (Å²) in [6.07, 6.45) is 6.50. The lowest BCUT2D eigenvalue weighted by atomic mass is 10.2. The molecule has 1 aromatic carbocycles. The topological polar surface area (TPSA) is 89.2 Å². The van der Waals surface area contributed by atoms with Crippen molar-refractivity contribution >= 4 is 5.82 Å². The van der Waals surface area contributed by atoms with Crippen molar-refractivity contribution in [2.75, 3.05) is 38.6 Å². The van der Waals surface area contributed by atoms with Gasteiger partial charge in [-0.3, -0.25) is 0 Å². The summed E-state index contributed by atoms with van der Waals surface area (Å²) >= 11 is 0. The third-order valence-corrected chi connectivity index (χ3v) is 5.31. The van der Waals surface area contributed by atoms with Crippen LogP contribution in [0.25, 0.3) is 23.0 Å². The number of hydrogen-bond acceptors (Lipinski definition) is 8. The molecule has 0 aliphatic carbocycles. The molecule has 30 heavy (non-hydrogen) atoms. The zero-order valence-electron chi connectivity index (χ0n) is 17.4. The van der Waals surface area contributed by atoms with Crippen molar-refractivity contribution in [2.45, 2.75) is 32.1 Å². The number of likely N-dealkylation sites (tertiary alicyclic amines) is 1. The molecule has 0 radical (unpaired) electrons. The fourth-order valence-corrected chi connectivity index (χ4v) is 3.60. The van der Waals surface area contributed by atoms with E-state index < -0.39 is 0 Å².